The normalized spacial score (nSPS) is 11.9. The van der Waals surface area contributed by atoms with Crippen molar-refractivity contribution in [2.24, 2.45) is 5.10 Å². The van der Waals surface area contributed by atoms with E-state index < -0.39 is 11.7 Å². The van der Waals surface area contributed by atoms with E-state index in [0.29, 0.717) is 5.01 Å². The predicted octanol–water partition coefficient (Wildman–Crippen LogP) is 3.00. The molecule has 0 saturated heterocycles. The molecule has 0 aliphatic rings. The van der Waals surface area contributed by atoms with E-state index in [9.17, 15) is 13.2 Å². The number of hydrogen-bond acceptors (Lipinski definition) is 5. The molecule has 1 N–H and O–H groups in total. The van der Waals surface area contributed by atoms with Gasteiger partial charge in [0.25, 0.3) is 0 Å². The van der Waals surface area contributed by atoms with Gasteiger partial charge in [0.2, 0.25) is 0 Å². The Balaban J connectivity index is 1.99. The lowest BCUT2D eigenvalue weighted by molar-refractivity contribution is -0.137. The second kappa shape index (κ2) is 5.13. The maximum Gasteiger partial charge on any atom is 0.417 e. The average molecular weight is 272 g/mol. The molecule has 2 aromatic rings. The van der Waals surface area contributed by atoms with E-state index in [4.69, 9.17) is 0 Å². The van der Waals surface area contributed by atoms with Crippen LogP contribution < -0.4 is 5.43 Å². The van der Waals surface area contributed by atoms with Crippen LogP contribution in [0.25, 0.3) is 0 Å². The van der Waals surface area contributed by atoms with E-state index in [1.165, 1.54) is 23.6 Å². The minimum Gasteiger partial charge on any atom is -0.261 e. The Hall–Kier alpha value is -1.96. The molecule has 8 heteroatoms. The summed E-state index contributed by atoms with van der Waals surface area (Å²) in [6.45, 7) is 0. The number of nitrogens with one attached hydrogen (secondary N) is 1. The highest BCUT2D eigenvalue weighted by Crippen LogP contribution is 2.28. The van der Waals surface area contributed by atoms with Gasteiger partial charge in [-0.3, -0.25) is 5.43 Å². The van der Waals surface area contributed by atoms with Gasteiger partial charge in [0.15, 0.2) is 0 Å². The van der Waals surface area contributed by atoms with Crippen LogP contribution in [0.3, 0.4) is 0 Å². The highest BCUT2D eigenvalue weighted by molar-refractivity contribution is 7.11. The summed E-state index contributed by atoms with van der Waals surface area (Å²) >= 11 is 1.39. The van der Waals surface area contributed by atoms with Gasteiger partial charge in [-0.1, -0.05) is 0 Å². The van der Waals surface area contributed by atoms with Crippen molar-refractivity contribution in [3.05, 3.63) is 40.5 Å². The maximum atomic E-state index is 12.3. The number of aromatic nitrogens is 2. The first-order valence-corrected chi connectivity index (χ1v) is 5.65. The molecule has 0 atom stereocenters. The van der Waals surface area contributed by atoms with Crippen molar-refractivity contribution in [3.63, 3.8) is 0 Å². The average Bonchev–Trinajstić information content (AvgIpc) is 2.82. The van der Waals surface area contributed by atoms with E-state index in [-0.39, 0.29) is 5.82 Å². The molecule has 0 radical (unpaired) electrons. The van der Waals surface area contributed by atoms with Crippen molar-refractivity contribution in [2.75, 3.05) is 5.43 Å². The Morgan fingerprint density at radius 1 is 1.28 bits per heavy atom. The van der Waals surface area contributed by atoms with Crippen molar-refractivity contribution in [1.82, 2.24) is 9.97 Å². The summed E-state index contributed by atoms with van der Waals surface area (Å²) in [5, 5.41) is 6.28. The monoisotopic (exact) mass is 272 g/mol. The van der Waals surface area contributed by atoms with Crippen LogP contribution in [0.2, 0.25) is 0 Å². The summed E-state index contributed by atoms with van der Waals surface area (Å²) in [6.07, 6.45) is -0.538. The number of alkyl halides is 3. The largest absolute Gasteiger partial charge is 0.417 e. The van der Waals surface area contributed by atoms with Crippen LogP contribution in [-0.2, 0) is 6.18 Å². The summed E-state index contributed by atoms with van der Waals surface area (Å²) in [6, 6.07) is 2.15. The number of halogens is 3. The van der Waals surface area contributed by atoms with Gasteiger partial charge in [0.05, 0.1) is 11.8 Å². The summed E-state index contributed by atoms with van der Waals surface area (Å²) in [7, 11) is 0. The van der Waals surface area contributed by atoms with Gasteiger partial charge in [-0.15, -0.1) is 11.3 Å². The second-order valence-corrected chi connectivity index (χ2v) is 4.10. The first kappa shape index (κ1) is 12.5. The topological polar surface area (TPSA) is 50.2 Å². The molecule has 4 nitrogen and oxygen atoms in total. The third-order valence-electron chi connectivity index (χ3n) is 1.90. The predicted molar refractivity (Wildman–Crippen MR) is 62.6 cm³/mol. The molecule has 0 aliphatic heterocycles. The molecule has 0 bridgehead atoms. The number of thiazole rings is 1. The Labute approximate surface area is 104 Å². The van der Waals surface area contributed by atoms with E-state index >= 15 is 0 Å². The summed E-state index contributed by atoms with van der Waals surface area (Å²) < 4.78 is 36.8. The van der Waals surface area contributed by atoms with Gasteiger partial charge in [-0.2, -0.15) is 18.3 Å². The molecule has 2 aromatic heterocycles. The minimum atomic E-state index is -4.38. The summed E-state index contributed by atoms with van der Waals surface area (Å²) in [5.74, 6) is 0.232. The molecule has 0 aliphatic carbocycles. The Morgan fingerprint density at radius 3 is 2.67 bits per heavy atom. The van der Waals surface area contributed by atoms with Crippen LogP contribution in [0, 0.1) is 0 Å². The van der Waals surface area contributed by atoms with Gasteiger partial charge < -0.3 is 0 Å². The molecule has 2 rings (SSSR count). The van der Waals surface area contributed by atoms with Crippen LogP contribution in [0.1, 0.15) is 10.6 Å². The second-order valence-electron chi connectivity index (χ2n) is 3.17. The van der Waals surface area contributed by atoms with Gasteiger partial charge in [0, 0.05) is 17.8 Å². The Morgan fingerprint density at radius 2 is 2.11 bits per heavy atom. The van der Waals surface area contributed by atoms with Crippen LogP contribution in [0.4, 0.5) is 19.0 Å². The smallest absolute Gasteiger partial charge is 0.261 e. The molecular formula is C10H7F3N4S. The van der Waals surface area contributed by atoms with Crippen molar-refractivity contribution in [2.45, 2.75) is 6.18 Å². The van der Waals surface area contributed by atoms with Crippen LogP contribution >= 0.6 is 11.3 Å². The number of pyridine rings is 1. The van der Waals surface area contributed by atoms with Crippen molar-refractivity contribution in [3.8, 4) is 0 Å². The number of rotatable bonds is 3. The van der Waals surface area contributed by atoms with Crippen LogP contribution in [-0.4, -0.2) is 16.2 Å². The molecule has 0 saturated carbocycles. The van der Waals surface area contributed by atoms with Crippen LogP contribution in [0.5, 0.6) is 0 Å². The molecule has 0 amide bonds. The third-order valence-corrected chi connectivity index (χ3v) is 2.61. The zero-order valence-corrected chi connectivity index (χ0v) is 9.66. The van der Waals surface area contributed by atoms with Gasteiger partial charge in [0.1, 0.15) is 10.8 Å². The molecule has 2 heterocycles. The maximum absolute atomic E-state index is 12.3. The number of hydrazone groups is 1. The zero-order valence-electron chi connectivity index (χ0n) is 8.85. The Bertz CT molecular complexity index is 519. The number of anilines is 1. The van der Waals surface area contributed by atoms with E-state index in [1.807, 2.05) is 0 Å². The quantitative estimate of drug-likeness (QED) is 0.690. The van der Waals surface area contributed by atoms with Gasteiger partial charge >= 0.3 is 6.18 Å². The van der Waals surface area contributed by atoms with Crippen molar-refractivity contribution < 1.29 is 13.2 Å². The van der Waals surface area contributed by atoms with E-state index in [2.05, 4.69) is 20.5 Å². The first-order chi connectivity index (χ1) is 8.55. The number of hydrogen-bond donors (Lipinski definition) is 1. The standard InChI is InChI=1S/C10H7F3N4S/c11-10(12,13)7-1-2-8(15-5-7)17-16-6-9-14-3-4-18-9/h1-6H,(H,15,17)/b16-6+. The lowest BCUT2D eigenvalue weighted by Crippen LogP contribution is -2.05. The highest BCUT2D eigenvalue weighted by atomic mass is 32.1. The minimum absolute atomic E-state index is 0.232. The molecular weight excluding hydrogens is 265 g/mol. The molecule has 94 valence electrons. The van der Waals surface area contributed by atoms with Gasteiger partial charge in [-0.25, -0.2) is 9.97 Å². The molecule has 0 unspecified atom stereocenters. The summed E-state index contributed by atoms with van der Waals surface area (Å²) in [4.78, 5) is 7.56. The molecule has 0 aromatic carbocycles. The van der Waals surface area contributed by atoms with Crippen LogP contribution in [0.15, 0.2) is 35.0 Å². The Kier molecular flexibility index (Phi) is 3.56. The molecule has 0 spiro atoms. The fourth-order valence-electron chi connectivity index (χ4n) is 1.08. The number of nitrogens with zero attached hydrogens (tertiary/aromatic N) is 3. The third kappa shape index (κ3) is 3.27. The fourth-order valence-corrected chi connectivity index (χ4v) is 1.58. The van der Waals surface area contributed by atoms with E-state index in [0.717, 1.165) is 12.3 Å². The zero-order chi connectivity index (χ0) is 13.0. The lowest BCUT2D eigenvalue weighted by Gasteiger charge is -2.06. The highest BCUT2D eigenvalue weighted by Gasteiger charge is 2.30. The van der Waals surface area contributed by atoms with Gasteiger partial charge in [-0.05, 0) is 12.1 Å². The fraction of sp³-hybridized carbons (Fsp3) is 0.100. The SMILES string of the molecule is FC(F)(F)c1ccc(N/N=C/c2nccs2)nc1. The van der Waals surface area contributed by atoms with Crippen molar-refractivity contribution in [1.29, 1.82) is 0 Å². The summed E-state index contributed by atoms with van der Waals surface area (Å²) in [5.41, 5.74) is 1.72. The van der Waals surface area contributed by atoms with E-state index in [1.54, 1.807) is 11.6 Å². The first-order valence-electron chi connectivity index (χ1n) is 4.77. The lowest BCUT2D eigenvalue weighted by atomic mass is 10.3. The molecule has 18 heavy (non-hydrogen) atoms. The van der Waals surface area contributed by atoms with Crippen molar-refractivity contribution >= 4 is 23.4 Å². The molecule has 0 fully saturated rings.